The smallest absolute Gasteiger partial charge is 0.321 e. The average molecular weight is 631 g/mol. The van der Waals surface area contributed by atoms with Gasteiger partial charge in [-0.25, -0.2) is 18.6 Å². The van der Waals surface area contributed by atoms with E-state index in [1.54, 1.807) is 28.0 Å². The lowest BCUT2D eigenvalue weighted by atomic mass is 9.93. The van der Waals surface area contributed by atoms with Crippen molar-refractivity contribution in [3.8, 4) is 0 Å². The molecule has 2 amide bonds. The Bertz CT molecular complexity index is 1520. The van der Waals surface area contributed by atoms with Crippen molar-refractivity contribution in [1.29, 1.82) is 0 Å². The Kier molecular flexibility index (Phi) is 8.32. The predicted molar refractivity (Wildman–Crippen MR) is 155 cm³/mol. The molecule has 2 N–H and O–H groups in total. The van der Waals surface area contributed by atoms with Gasteiger partial charge in [0, 0.05) is 66.7 Å². The molecule has 12 heteroatoms. The van der Waals surface area contributed by atoms with E-state index in [-0.39, 0.29) is 22.2 Å². The van der Waals surface area contributed by atoms with E-state index in [1.807, 2.05) is 18.2 Å². The Morgan fingerprint density at radius 3 is 2.75 bits per heavy atom. The molecule has 8 nitrogen and oxygen atoms in total. The number of fused-ring (bicyclic) bond motifs is 1. The van der Waals surface area contributed by atoms with E-state index < -0.39 is 18.4 Å². The standard InChI is InChI=1S/C28H27BrClF2N7O/c1-2-9-28(31,32)21-13-20(30)5-6-23(21)37-27(40)38-11-7-19(8-12-38)24-14-25(34-16-18-4-3-10-33-15-18)39-26(36-24)22(29)17-35-39/h2-6,10,13-15,17,19,34H,1,7-9,11-12,16H2,(H,37,40). The number of hydrogen-bond donors (Lipinski definition) is 2. The summed E-state index contributed by atoms with van der Waals surface area (Å²) < 4.78 is 31.9. The van der Waals surface area contributed by atoms with E-state index in [0.717, 1.165) is 27.6 Å². The van der Waals surface area contributed by atoms with Crippen LogP contribution in [0.3, 0.4) is 0 Å². The first-order valence-electron chi connectivity index (χ1n) is 12.8. The zero-order chi connectivity index (χ0) is 28.3. The molecule has 1 aliphatic heterocycles. The Morgan fingerprint density at radius 1 is 1.23 bits per heavy atom. The minimum Gasteiger partial charge on any atom is -0.366 e. The summed E-state index contributed by atoms with van der Waals surface area (Å²) in [5, 5.41) is 10.7. The molecule has 0 atom stereocenters. The van der Waals surface area contributed by atoms with Gasteiger partial charge < -0.3 is 15.5 Å². The second kappa shape index (κ2) is 11.9. The van der Waals surface area contributed by atoms with Gasteiger partial charge in [-0.15, -0.1) is 6.58 Å². The summed E-state index contributed by atoms with van der Waals surface area (Å²) in [6, 6.07) is 9.51. The number of nitrogens with zero attached hydrogens (tertiary/aromatic N) is 5. The van der Waals surface area contributed by atoms with Gasteiger partial charge in [0.1, 0.15) is 5.82 Å². The predicted octanol–water partition coefficient (Wildman–Crippen LogP) is 7.23. The van der Waals surface area contributed by atoms with E-state index in [0.29, 0.717) is 38.1 Å². The highest BCUT2D eigenvalue weighted by Gasteiger charge is 2.34. The third-order valence-electron chi connectivity index (χ3n) is 6.86. The quantitative estimate of drug-likeness (QED) is 0.201. The normalized spacial score (nSPS) is 14.3. The van der Waals surface area contributed by atoms with Crippen LogP contribution in [0.2, 0.25) is 5.02 Å². The molecule has 0 unspecified atom stereocenters. The summed E-state index contributed by atoms with van der Waals surface area (Å²) >= 11 is 9.52. The van der Waals surface area contributed by atoms with Crippen LogP contribution in [0.4, 0.5) is 25.1 Å². The van der Waals surface area contributed by atoms with E-state index >= 15 is 0 Å². The molecule has 5 rings (SSSR count). The van der Waals surface area contributed by atoms with Crippen molar-refractivity contribution in [2.45, 2.75) is 37.6 Å². The molecular formula is C28H27BrClF2N7O. The van der Waals surface area contributed by atoms with Gasteiger partial charge in [-0.3, -0.25) is 4.98 Å². The number of rotatable bonds is 8. The van der Waals surface area contributed by atoms with E-state index in [1.165, 1.54) is 18.2 Å². The van der Waals surface area contributed by atoms with Crippen LogP contribution < -0.4 is 10.6 Å². The number of carbonyl (C=O) groups excluding carboxylic acids is 1. The minimum atomic E-state index is -3.21. The largest absolute Gasteiger partial charge is 0.366 e. The first-order valence-corrected chi connectivity index (χ1v) is 13.9. The molecule has 4 aromatic rings. The molecule has 0 radical (unpaired) electrons. The van der Waals surface area contributed by atoms with E-state index in [4.69, 9.17) is 16.6 Å². The fourth-order valence-electron chi connectivity index (χ4n) is 4.78. The molecule has 1 saturated heterocycles. The number of halogens is 4. The van der Waals surface area contributed by atoms with Gasteiger partial charge in [-0.2, -0.15) is 9.61 Å². The van der Waals surface area contributed by atoms with E-state index in [9.17, 15) is 13.6 Å². The van der Waals surface area contributed by atoms with Gasteiger partial charge in [0.05, 0.1) is 16.4 Å². The summed E-state index contributed by atoms with van der Waals surface area (Å²) in [6.07, 6.45) is 7.17. The molecule has 3 aromatic heterocycles. The molecule has 1 aromatic carbocycles. The minimum absolute atomic E-state index is 0.0328. The van der Waals surface area contributed by atoms with Crippen molar-refractivity contribution in [3.05, 3.63) is 94.0 Å². The monoisotopic (exact) mass is 629 g/mol. The van der Waals surface area contributed by atoms with Crippen LogP contribution in [0.5, 0.6) is 0 Å². The van der Waals surface area contributed by atoms with Crippen LogP contribution in [0.15, 0.2) is 72.1 Å². The van der Waals surface area contributed by atoms with Gasteiger partial charge in [-0.05, 0) is 58.6 Å². The second-order valence-electron chi connectivity index (χ2n) is 9.59. The van der Waals surface area contributed by atoms with Crippen molar-refractivity contribution in [1.82, 2.24) is 24.5 Å². The topological polar surface area (TPSA) is 87.5 Å². The molecule has 0 saturated carbocycles. The van der Waals surface area contributed by atoms with Gasteiger partial charge >= 0.3 is 6.03 Å². The van der Waals surface area contributed by atoms with Crippen LogP contribution in [0.25, 0.3) is 5.65 Å². The van der Waals surface area contributed by atoms with Crippen molar-refractivity contribution in [3.63, 3.8) is 0 Å². The Morgan fingerprint density at radius 2 is 2.02 bits per heavy atom. The number of anilines is 2. The maximum atomic E-state index is 14.7. The first kappa shape index (κ1) is 28.0. The van der Waals surface area contributed by atoms with Crippen molar-refractivity contribution in [2.24, 2.45) is 0 Å². The van der Waals surface area contributed by atoms with Crippen LogP contribution >= 0.6 is 27.5 Å². The zero-order valence-electron chi connectivity index (χ0n) is 21.5. The lowest BCUT2D eigenvalue weighted by Gasteiger charge is -2.32. The molecule has 0 aliphatic carbocycles. The molecule has 0 spiro atoms. The molecule has 1 aliphatic rings. The number of alkyl halides is 2. The van der Waals surface area contributed by atoms with Gasteiger partial charge in [-0.1, -0.05) is 23.7 Å². The summed E-state index contributed by atoms with van der Waals surface area (Å²) in [5.74, 6) is -2.31. The number of benzene rings is 1. The summed E-state index contributed by atoms with van der Waals surface area (Å²) in [5.41, 5.74) is 2.32. The third kappa shape index (κ3) is 6.10. The zero-order valence-corrected chi connectivity index (χ0v) is 23.8. The highest BCUT2D eigenvalue weighted by atomic mass is 79.9. The maximum Gasteiger partial charge on any atom is 0.321 e. The van der Waals surface area contributed by atoms with Gasteiger partial charge in [0.2, 0.25) is 0 Å². The molecule has 208 valence electrons. The molecule has 1 fully saturated rings. The second-order valence-corrected chi connectivity index (χ2v) is 10.9. The number of urea groups is 1. The van der Waals surface area contributed by atoms with Crippen LogP contribution in [-0.4, -0.2) is 43.6 Å². The fraction of sp³-hybridized carbons (Fsp3) is 0.286. The fourth-order valence-corrected chi connectivity index (χ4v) is 5.30. The molecular weight excluding hydrogens is 604 g/mol. The summed E-state index contributed by atoms with van der Waals surface area (Å²) in [7, 11) is 0. The van der Waals surface area contributed by atoms with Gasteiger partial charge in [0.15, 0.2) is 5.65 Å². The molecule has 40 heavy (non-hydrogen) atoms. The summed E-state index contributed by atoms with van der Waals surface area (Å²) in [4.78, 5) is 23.7. The maximum absolute atomic E-state index is 14.7. The van der Waals surface area contributed by atoms with Crippen molar-refractivity contribution < 1.29 is 13.6 Å². The Balaban J connectivity index is 1.28. The van der Waals surface area contributed by atoms with Crippen molar-refractivity contribution in [2.75, 3.05) is 23.7 Å². The number of allylic oxidation sites excluding steroid dienone is 1. The third-order valence-corrected chi connectivity index (χ3v) is 7.66. The number of nitrogens with one attached hydrogen (secondary N) is 2. The SMILES string of the molecule is C=CCC(F)(F)c1cc(Cl)ccc1NC(=O)N1CCC(c2cc(NCc3cccnc3)n3ncc(Br)c3n2)CC1. The van der Waals surface area contributed by atoms with Crippen LogP contribution in [-0.2, 0) is 12.5 Å². The number of hydrogen-bond acceptors (Lipinski definition) is 5. The number of piperidine rings is 1. The molecule has 0 bridgehead atoms. The van der Waals surface area contributed by atoms with Crippen molar-refractivity contribution >= 4 is 50.7 Å². The van der Waals surface area contributed by atoms with Gasteiger partial charge in [0.25, 0.3) is 5.92 Å². The highest BCUT2D eigenvalue weighted by molar-refractivity contribution is 9.10. The number of likely N-dealkylation sites (tertiary alicyclic amines) is 1. The summed E-state index contributed by atoms with van der Waals surface area (Å²) in [6.45, 7) is 4.89. The number of carbonyl (C=O) groups is 1. The Hall–Kier alpha value is -3.57. The lowest BCUT2D eigenvalue weighted by molar-refractivity contribution is -0.0000762. The van der Waals surface area contributed by atoms with E-state index in [2.05, 4.69) is 43.2 Å². The van der Waals surface area contributed by atoms with Crippen LogP contribution in [0, 0.1) is 0 Å². The average Bonchev–Trinajstić information content (AvgIpc) is 3.33. The molecule has 4 heterocycles. The lowest BCUT2D eigenvalue weighted by Crippen LogP contribution is -2.41. The van der Waals surface area contributed by atoms with Crippen LogP contribution in [0.1, 0.15) is 42.0 Å². The highest BCUT2D eigenvalue weighted by Crippen LogP contribution is 2.39. The Labute approximate surface area is 243 Å². The first-order chi connectivity index (χ1) is 19.2. The number of aromatic nitrogens is 4. The number of pyridine rings is 1. The number of amides is 2.